The smallest absolute Gasteiger partial charge is 0.323 e. The van der Waals surface area contributed by atoms with Crippen LogP contribution in [0.15, 0.2) is 24.3 Å². The van der Waals surface area contributed by atoms with Crippen LogP contribution >= 0.6 is 0 Å². The summed E-state index contributed by atoms with van der Waals surface area (Å²) in [4.78, 5) is 22.4. The van der Waals surface area contributed by atoms with Crippen molar-refractivity contribution in [3.05, 3.63) is 35.4 Å². The zero-order valence-corrected chi connectivity index (χ0v) is 13.2. The summed E-state index contributed by atoms with van der Waals surface area (Å²) in [5, 5.41) is 8.77. The molecule has 0 radical (unpaired) electrons. The number of nitrogens with two attached hydrogens (primary N) is 2. The van der Waals surface area contributed by atoms with Crippen molar-refractivity contribution in [2.24, 2.45) is 11.5 Å². The van der Waals surface area contributed by atoms with Gasteiger partial charge in [-0.25, -0.2) is 0 Å². The van der Waals surface area contributed by atoms with E-state index in [1.807, 2.05) is 6.92 Å². The number of hydrogen-bond donors (Lipinski definition) is 3. The SMILES string of the molecule is CCOCC[C@H](N)C(=O)OCc1ccc(C[C@H](N)C(=O)O)cc1. The van der Waals surface area contributed by atoms with Gasteiger partial charge in [0.1, 0.15) is 18.7 Å². The summed E-state index contributed by atoms with van der Waals surface area (Å²) in [7, 11) is 0. The third-order valence-corrected chi connectivity index (χ3v) is 3.26. The molecule has 2 atom stereocenters. The zero-order valence-electron chi connectivity index (χ0n) is 13.2. The van der Waals surface area contributed by atoms with Gasteiger partial charge < -0.3 is 26.0 Å². The summed E-state index contributed by atoms with van der Waals surface area (Å²) >= 11 is 0. The van der Waals surface area contributed by atoms with E-state index < -0.39 is 24.0 Å². The van der Waals surface area contributed by atoms with Crippen LogP contribution in [0.5, 0.6) is 0 Å². The first-order valence-electron chi connectivity index (χ1n) is 7.50. The zero-order chi connectivity index (χ0) is 17.2. The minimum atomic E-state index is -1.04. The van der Waals surface area contributed by atoms with E-state index in [2.05, 4.69) is 0 Å². The summed E-state index contributed by atoms with van der Waals surface area (Å²) in [6.45, 7) is 2.99. The van der Waals surface area contributed by atoms with Gasteiger partial charge in [0.05, 0.1) is 0 Å². The van der Waals surface area contributed by atoms with Crippen LogP contribution in [0.4, 0.5) is 0 Å². The fraction of sp³-hybridized carbons (Fsp3) is 0.500. The number of carboxylic acid groups (broad SMARTS) is 1. The van der Waals surface area contributed by atoms with Crippen LogP contribution in [0.3, 0.4) is 0 Å². The van der Waals surface area contributed by atoms with Crippen LogP contribution < -0.4 is 11.5 Å². The van der Waals surface area contributed by atoms with Crippen molar-refractivity contribution in [3.63, 3.8) is 0 Å². The number of esters is 1. The van der Waals surface area contributed by atoms with Crippen molar-refractivity contribution in [2.45, 2.75) is 38.5 Å². The van der Waals surface area contributed by atoms with Gasteiger partial charge in [0.2, 0.25) is 0 Å². The second-order valence-electron chi connectivity index (χ2n) is 5.17. The third-order valence-electron chi connectivity index (χ3n) is 3.26. The van der Waals surface area contributed by atoms with Crippen LogP contribution in [-0.2, 0) is 32.1 Å². The van der Waals surface area contributed by atoms with Gasteiger partial charge in [-0.15, -0.1) is 0 Å². The van der Waals surface area contributed by atoms with Crippen LogP contribution in [-0.4, -0.2) is 42.3 Å². The molecule has 23 heavy (non-hydrogen) atoms. The predicted octanol–water partition coefficient (Wildman–Crippen LogP) is 0.438. The van der Waals surface area contributed by atoms with Crippen molar-refractivity contribution in [1.29, 1.82) is 0 Å². The number of rotatable bonds is 10. The number of carboxylic acids is 1. The molecule has 1 rings (SSSR count). The highest BCUT2D eigenvalue weighted by molar-refractivity contribution is 5.75. The topological polar surface area (TPSA) is 125 Å². The maximum Gasteiger partial charge on any atom is 0.323 e. The second-order valence-corrected chi connectivity index (χ2v) is 5.17. The lowest BCUT2D eigenvalue weighted by Gasteiger charge is -2.12. The first-order chi connectivity index (χ1) is 10.9. The van der Waals surface area contributed by atoms with E-state index in [9.17, 15) is 9.59 Å². The minimum absolute atomic E-state index is 0.117. The average molecular weight is 324 g/mol. The molecule has 0 aliphatic carbocycles. The molecule has 0 saturated heterocycles. The Balaban J connectivity index is 2.40. The van der Waals surface area contributed by atoms with Gasteiger partial charge in [0.25, 0.3) is 0 Å². The van der Waals surface area contributed by atoms with E-state index in [4.69, 9.17) is 26.0 Å². The Morgan fingerprint density at radius 3 is 2.30 bits per heavy atom. The van der Waals surface area contributed by atoms with E-state index in [0.29, 0.717) is 19.6 Å². The Morgan fingerprint density at radius 2 is 1.74 bits per heavy atom. The third kappa shape index (κ3) is 7.23. The van der Waals surface area contributed by atoms with Crippen molar-refractivity contribution in [3.8, 4) is 0 Å². The lowest BCUT2D eigenvalue weighted by atomic mass is 10.1. The Morgan fingerprint density at radius 1 is 1.13 bits per heavy atom. The van der Waals surface area contributed by atoms with Crippen LogP contribution in [0.25, 0.3) is 0 Å². The molecule has 0 aliphatic rings. The standard InChI is InChI=1S/C16H24N2O5/c1-2-22-8-7-13(17)16(21)23-10-12-5-3-11(4-6-12)9-14(18)15(19)20/h3-6,13-14H,2,7-10,17-18H2,1H3,(H,19,20)/t13-,14-/m0/s1. The summed E-state index contributed by atoms with van der Waals surface area (Å²) in [5.74, 6) is -1.51. The van der Waals surface area contributed by atoms with Crippen LogP contribution in [0, 0.1) is 0 Å². The molecule has 5 N–H and O–H groups in total. The fourth-order valence-corrected chi connectivity index (χ4v) is 1.85. The highest BCUT2D eigenvalue weighted by Gasteiger charge is 2.15. The van der Waals surface area contributed by atoms with Crippen molar-refractivity contribution in [2.75, 3.05) is 13.2 Å². The molecule has 7 heteroatoms. The number of aliphatic carboxylic acids is 1. The number of carbonyl (C=O) groups is 2. The molecule has 0 unspecified atom stereocenters. The predicted molar refractivity (Wildman–Crippen MR) is 84.6 cm³/mol. The summed E-state index contributed by atoms with van der Waals surface area (Å²) in [6, 6.07) is 5.43. The molecule has 0 fully saturated rings. The number of benzene rings is 1. The van der Waals surface area contributed by atoms with Crippen molar-refractivity contribution < 1.29 is 24.2 Å². The Labute approximate surface area is 135 Å². The highest BCUT2D eigenvalue weighted by Crippen LogP contribution is 2.08. The minimum Gasteiger partial charge on any atom is -0.480 e. The van der Waals surface area contributed by atoms with E-state index in [-0.39, 0.29) is 13.0 Å². The van der Waals surface area contributed by atoms with Gasteiger partial charge in [0, 0.05) is 13.2 Å². The van der Waals surface area contributed by atoms with Crippen molar-refractivity contribution in [1.82, 2.24) is 0 Å². The molecule has 128 valence electrons. The molecule has 1 aromatic rings. The largest absolute Gasteiger partial charge is 0.480 e. The number of ether oxygens (including phenoxy) is 2. The van der Waals surface area contributed by atoms with E-state index in [1.165, 1.54) is 0 Å². The van der Waals surface area contributed by atoms with Crippen LogP contribution in [0.2, 0.25) is 0 Å². The van der Waals surface area contributed by atoms with E-state index in [0.717, 1.165) is 11.1 Å². The Kier molecular flexibility index (Phi) is 8.25. The summed E-state index contributed by atoms with van der Waals surface area (Å²) in [6.07, 6.45) is 0.663. The Hall–Kier alpha value is -1.96. The summed E-state index contributed by atoms with van der Waals surface area (Å²) < 4.78 is 10.3. The molecule has 0 spiro atoms. The Bertz CT molecular complexity index is 504. The molecule has 0 bridgehead atoms. The lowest BCUT2D eigenvalue weighted by Crippen LogP contribution is -2.33. The lowest BCUT2D eigenvalue weighted by molar-refractivity contribution is -0.147. The molecule has 0 amide bonds. The maximum atomic E-state index is 11.7. The molecular weight excluding hydrogens is 300 g/mol. The number of hydrogen-bond acceptors (Lipinski definition) is 6. The molecule has 0 aliphatic heterocycles. The van der Waals surface area contributed by atoms with Gasteiger partial charge in [-0.3, -0.25) is 9.59 Å². The highest BCUT2D eigenvalue weighted by atomic mass is 16.5. The van der Waals surface area contributed by atoms with Gasteiger partial charge in [-0.2, -0.15) is 0 Å². The normalized spacial score (nSPS) is 13.3. The van der Waals surface area contributed by atoms with Gasteiger partial charge in [0.15, 0.2) is 0 Å². The maximum absolute atomic E-state index is 11.7. The van der Waals surface area contributed by atoms with Gasteiger partial charge in [-0.05, 0) is 30.9 Å². The van der Waals surface area contributed by atoms with E-state index >= 15 is 0 Å². The van der Waals surface area contributed by atoms with Gasteiger partial charge >= 0.3 is 11.9 Å². The molecule has 0 saturated carbocycles. The van der Waals surface area contributed by atoms with Gasteiger partial charge in [-0.1, -0.05) is 24.3 Å². The number of carbonyl (C=O) groups excluding carboxylic acids is 1. The monoisotopic (exact) mass is 324 g/mol. The quantitative estimate of drug-likeness (QED) is 0.421. The molecule has 7 nitrogen and oxygen atoms in total. The first kappa shape index (κ1) is 19.1. The van der Waals surface area contributed by atoms with Crippen molar-refractivity contribution >= 4 is 11.9 Å². The molecule has 0 heterocycles. The van der Waals surface area contributed by atoms with E-state index in [1.54, 1.807) is 24.3 Å². The second kappa shape index (κ2) is 9.94. The summed E-state index contributed by atoms with van der Waals surface area (Å²) in [5.41, 5.74) is 12.8. The first-order valence-corrected chi connectivity index (χ1v) is 7.50. The molecule has 0 aromatic heterocycles. The average Bonchev–Trinajstić information content (AvgIpc) is 2.53. The fourth-order valence-electron chi connectivity index (χ4n) is 1.85. The molecular formula is C16H24N2O5. The molecule has 1 aromatic carbocycles. The van der Waals surface area contributed by atoms with Crippen LogP contribution in [0.1, 0.15) is 24.5 Å².